The van der Waals surface area contributed by atoms with Crippen molar-refractivity contribution in [3.63, 3.8) is 0 Å². The molecule has 1 N–H and O–H groups in total. The summed E-state index contributed by atoms with van der Waals surface area (Å²) in [6, 6.07) is 9.27. The van der Waals surface area contributed by atoms with Gasteiger partial charge in [0.25, 0.3) is 5.91 Å². The number of amides is 1. The van der Waals surface area contributed by atoms with Gasteiger partial charge in [0.1, 0.15) is 5.82 Å². The molecule has 0 saturated heterocycles. The molecule has 1 amide bonds. The lowest BCUT2D eigenvalue weighted by Crippen LogP contribution is -2.27. The first-order valence-corrected chi connectivity index (χ1v) is 9.05. The molecule has 2 aromatic carbocycles. The molecule has 0 aliphatic heterocycles. The van der Waals surface area contributed by atoms with Gasteiger partial charge in [0.05, 0.1) is 44.1 Å². The SMILES string of the molecule is COc1cc([C@@H](C)NC(=O)c2cc3ccc(F)cc3nc2C)cc(OC)c1OC. The topological polar surface area (TPSA) is 69.7 Å². The van der Waals surface area contributed by atoms with Crippen LogP contribution in [0.2, 0.25) is 0 Å². The van der Waals surface area contributed by atoms with Gasteiger partial charge < -0.3 is 19.5 Å². The predicted octanol–water partition coefficient (Wildman–Crippen LogP) is 4.20. The maximum atomic E-state index is 13.4. The minimum atomic E-state index is -0.363. The van der Waals surface area contributed by atoms with Crippen LogP contribution >= 0.6 is 0 Å². The molecule has 29 heavy (non-hydrogen) atoms. The van der Waals surface area contributed by atoms with E-state index in [1.54, 1.807) is 31.2 Å². The van der Waals surface area contributed by atoms with E-state index in [9.17, 15) is 9.18 Å². The first kappa shape index (κ1) is 20.4. The van der Waals surface area contributed by atoms with E-state index in [0.717, 1.165) is 5.56 Å². The average Bonchev–Trinajstić information content (AvgIpc) is 2.71. The fraction of sp³-hybridized carbons (Fsp3) is 0.273. The van der Waals surface area contributed by atoms with Crippen molar-refractivity contribution in [2.24, 2.45) is 0 Å². The van der Waals surface area contributed by atoms with Crippen LogP contribution in [0.15, 0.2) is 36.4 Å². The number of halogens is 1. The van der Waals surface area contributed by atoms with Gasteiger partial charge >= 0.3 is 0 Å². The molecule has 7 heteroatoms. The number of hydrogen-bond acceptors (Lipinski definition) is 5. The number of fused-ring (bicyclic) bond motifs is 1. The number of hydrogen-bond donors (Lipinski definition) is 1. The van der Waals surface area contributed by atoms with Gasteiger partial charge in [-0.2, -0.15) is 0 Å². The zero-order valence-corrected chi connectivity index (χ0v) is 17.0. The molecule has 0 aliphatic carbocycles. The van der Waals surface area contributed by atoms with Gasteiger partial charge in [0, 0.05) is 11.5 Å². The van der Waals surface area contributed by atoms with Crippen molar-refractivity contribution in [1.82, 2.24) is 10.3 Å². The van der Waals surface area contributed by atoms with Gasteiger partial charge in [-0.3, -0.25) is 9.78 Å². The molecule has 0 radical (unpaired) electrons. The highest BCUT2D eigenvalue weighted by Gasteiger charge is 2.19. The molecule has 0 spiro atoms. The second-order valence-corrected chi connectivity index (χ2v) is 6.61. The fourth-order valence-electron chi connectivity index (χ4n) is 3.18. The van der Waals surface area contributed by atoms with Crippen molar-refractivity contribution in [2.75, 3.05) is 21.3 Å². The molecular formula is C22H23FN2O4. The van der Waals surface area contributed by atoms with Gasteiger partial charge in [-0.15, -0.1) is 0 Å². The summed E-state index contributed by atoms with van der Waals surface area (Å²) in [6.07, 6.45) is 0. The second-order valence-electron chi connectivity index (χ2n) is 6.61. The lowest BCUT2D eigenvalue weighted by molar-refractivity contribution is 0.0939. The lowest BCUT2D eigenvalue weighted by atomic mass is 10.0. The van der Waals surface area contributed by atoms with E-state index in [0.29, 0.717) is 39.4 Å². The summed E-state index contributed by atoms with van der Waals surface area (Å²) in [7, 11) is 4.61. The Labute approximate surface area is 168 Å². The lowest BCUT2D eigenvalue weighted by Gasteiger charge is -2.19. The summed E-state index contributed by atoms with van der Waals surface area (Å²) >= 11 is 0. The third-order valence-electron chi connectivity index (χ3n) is 4.75. The number of methoxy groups -OCH3 is 3. The molecular weight excluding hydrogens is 375 g/mol. The molecule has 1 atom stereocenters. The first-order chi connectivity index (χ1) is 13.9. The number of rotatable bonds is 6. The van der Waals surface area contributed by atoms with Crippen LogP contribution in [0.5, 0.6) is 17.2 Å². The molecule has 0 aliphatic rings. The van der Waals surface area contributed by atoms with Crippen molar-refractivity contribution >= 4 is 16.8 Å². The predicted molar refractivity (Wildman–Crippen MR) is 108 cm³/mol. The minimum absolute atomic E-state index is 0.275. The molecule has 0 fully saturated rings. The van der Waals surface area contributed by atoms with Crippen molar-refractivity contribution in [1.29, 1.82) is 0 Å². The average molecular weight is 398 g/mol. The summed E-state index contributed by atoms with van der Waals surface area (Å²) in [4.78, 5) is 17.2. The number of carbonyl (C=O) groups excluding carboxylic acids is 1. The molecule has 3 rings (SSSR count). The van der Waals surface area contributed by atoms with Gasteiger partial charge in [0.2, 0.25) is 5.75 Å². The summed E-state index contributed by atoms with van der Waals surface area (Å²) < 4.78 is 29.5. The van der Waals surface area contributed by atoms with Crippen LogP contribution in [-0.2, 0) is 0 Å². The zero-order chi connectivity index (χ0) is 21.1. The van der Waals surface area contributed by atoms with Crippen LogP contribution < -0.4 is 19.5 Å². The third-order valence-corrected chi connectivity index (χ3v) is 4.75. The monoisotopic (exact) mass is 398 g/mol. The Morgan fingerprint density at radius 2 is 1.69 bits per heavy atom. The Kier molecular flexibility index (Phi) is 5.87. The van der Waals surface area contributed by atoms with Crippen LogP contribution in [0.25, 0.3) is 10.9 Å². The van der Waals surface area contributed by atoms with E-state index < -0.39 is 0 Å². The number of aromatic nitrogens is 1. The van der Waals surface area contributed by atoms with E-state index in [1.807, 2.05) is 6.92 Å². The molecule has 0 bridgehead atoms. The molecule has 0 saturated carbocycles. The highest BCUT2D eigenvalue weighted by Crippen LogP contribution is 2.39. The Bertz CT molecular complexity index is 1040. The van der Waals surface area contributed by atoms with Crippen LogP contribution in [0.4, 0.5) is 4.39 Å². The summed E-state index contributed by atoms with van der Waals surface area (Å²) in [5, 5.41) is 3.66. The van der Waals surface area contributed by atoms with Gasteiger partial charge in [-0.25, -0.2) is 4.39 Å². The molecule has 6 nitrogen and oxygen atoms in total. The number of carbonyl (C=O) groups is 1. The fourth-order valence-corrected chi connectivity index (χ4v) is 3.18. The first-order valence-electron chi connectivity index (χ1n) is 9.05. The Balaban J connectivity index is 1.90. The highest BCUT2D eigenvalue weighted by atomic mass is 19.1. The minimum Gasteiger partial charge on any atom is -0.493 e. The van der Waals surface area contributed by atoms with E-state index in [2.05, 4.69) is 10.3 Å². The normalized spacial score (nSPS) is 11.8. The van der Waals surface area contributed by atoms with Gasteiger partial charge in [-0.1, -0.05) is 0 Å². The Morgan fingerprint density at radius 3 is 2.28 bits per heavy atom. The van der Waals surface area contributed by atoms with E-state index in [4.69, 9.17) is 14.2 Å². The molecule has 152 valence electrons. The maximum absolute atomic E-state index is 13.4. The molecule has 3 aromatic rings. The smallest absolute Gasteiger partial charge is 0.253 e. The molecule has 0 unspecified atom stereocenters. The summed E-state index contributed by atoms with van der Waals surface area (Å²) in [5.74, 6) is 0.862. The van der Waals surface area contributed by atoms with Gasteiger partial charge in [0.15, 0.2) is 11.5 Å². The van der Waals surface area contributed by atoms with Crippen molar-refractivity contribution in [3.8, 4) is 17.2 Å². The zero-order valence-electron chi connectivity index (χ0n) is 17.0. The van der Waals surface area contributed by atoms with Crippen LogP contribution in [0.1, 0.15) is 34.6 Å². The van der Waals surface area contributed by atoms with E-state index in [-0.39, 0.29) is 17.8 Å². The number of nitrogens with zero attached hydrogens (tertiary/aromatic N) is 1. The van der Waals surface area contributed by atoms with Crippen LogP contribution in [0.3, 0.4) is 0 Å². The third kappa shape index (κ3) is 4.08. The Morgan fingerprint density at radius 1 is 1.03 bits per heavy atom. The van der Waals surface area contributed by atoms with Gasteiger partial charge in [-0.05, 0) is 49.7 Å². The number of benzene rings is 2. The van der Waals surface area contributed by atoms with E-state index >= 15 is 0 Å². The van der Waals surface area contributed by atoms with E-state index in [1.165, 1.54) is 33.5 Å². The largest absolute Gasteiger partial charge is 0.493 e. The molecule has 1 heterocycles. The number of aryl methyl sites for hydroxylation is 1. The summed E-state index contributed by atoms with van der Waals surface area (Å²) in [5.41, 5.74) is 2.26. The highest BCUT2D eigenvalue weighted by molar-refractivity contribution is 5.98. The summed E-state index contributed by atoms with van der Waals surface area (Å²) in [6.45, 7) is 3.58. The second kappa shape index (κ2) is 8.34. The van der Waals surface area contributed by atoms with Crippen LogP contribution in [-0.4, -0.2) is 32.2 Å². The van der Waals surface area contributed by atoms with Crippen molar-refractivity contribution in [3.05, 3.63) is 59.0 Å². The van der Waals surface area contributed by atoms with Crippen LogP contribution in [0, 0.1) is 12.7 Å². The quantitative estimate of drug-likeness (QED) is 0.674. The standard InChI is InChI=1S/C22H23FN2O4/c1-12(15-9-19(27-3)21(29-5)20(10-15)28-4)25-22(26)17-8-14-6-7-16(23)11-18(14)24-13(17)2/h6-12H,1-5H3,(H,25,26)/t12-/m1/s1. The number of pyridine rings is 1. The number of nitrogens with one attached hydrogen (secondary N) is 1. The molecule has 1 aromatic heterocycles. The Hall–Kier alpha value is -3.35. The maximum Gasteiger partial charge on any atom is 0.253 e. The number of ether oxygens (including phenoxy) is 3. The van der Waals surface area contributed by atoms with Crippen molar-refractivity contribution in [2.45, 2.75) is 19.9 Å². The van der Waals surface area contributed by atoms with Crippen molar-refractivity contribution < 1.29 is 23.4 Å².